The molecule has 2 aromatic rings. The monoisotopic (exact) mass is 367 g/mol. The molecule has 0 radical (unpaired) electrons. The minimum absolute atomic E-state index is 0.0730. The van der Waals surface area contributed by atoms with Gasteiger partial charge in [0.1, 0.15) is 0 Å². The molecule has 0 heterocycles. The fourth-order valence-corrected chi connectivity index (χ4v) is 3.99. The van der Waals surface area contributed by atoms with Crippen molar-refractivity contribution in [1.82, 2.24) is 5.32 Å². The van der Waals surface area contributed by atoms with Crippen molar-refractivity contribution < 1.29 is 14.6 Å². The van der Waals surface area contributed by atoms with E-state index in [9.17, 15) is 9.90 Å². The molecule has 4 nitrogen and oxygen atoms in total. The van der Waals surface area contributed by atoms with E-state index in [1.165, 1.54) is 11.1 Å². The van der Waals surface area contributed by atoms with E-state index < -0.39 is 6.10 Å². The average molecular weight is 367 g/mol. The van der Waals surface area contributed by atoms with E-state index in [1.807, 2.05) is 12.1 Å². The Labute approximate surface area is 161 Å². The van der Waals surface area contributed by atoms with Crippen molar-refractivity contribution in [2.24, 2.45) is 5.92 Å². The van der Waals surface area contributed by atoms with Crippen LogP contribution in [0.15, 0.2) is 60.7 Å². The van der Waals surface area contributed by atoms with Gasteiger partial charge in [0.2, 0.25) is 5.91 Å². The van der Waals surface area contributed by atoms with Gasteiger partial charge >= 0.3 is 0 Å². The molecule has 2 aromatic carbocycles. The third-order valence-electron chi connectivity index (χ3n) is 5.57. The van der Waals surface area contributed by atoms with Crippen molar-refractivity contribution in [2.75, 3.05) is 13.7 Å². The van der Waals surface area contributed by atoms with Crippen LogP contribution in [0.5, 0.6) is 0 Å². The van der Waals surface area contributed by atoms with E-state index in [2.05, 4.69) is 53.8 Å². The maximum atomic E-state index is 12.6. The Morgan fingerprint density at radius 3 is 2.22 bits per heavy atom. The number of ether oxygens (including phenoxy) is 1. The summed E-state index contributed by atoms with van der Waals surface area (Å²) in [5.74, 6) is 0.252. The summed E-state index contributed by atoms with van der Waals surface area (Å²) in [6, 6.07) is 20.9. The third-order valence-corrected chi connectivity index (χ3v) is 5.57. The molecule has 1 aliphatic rings. The van der Waals surface area contributed by atoms with Crippen LogP contribution in [0.25, 0.3) is 0 Å². The molecule has 1 amide bonds. The number of methoxy groups -OCH3 is 1. The van der Waals surface area contributed by atoms with Crippen LogP contribution in [-0.2, 0) is 9.53 Å². The molecule has 1 aliphatic carbocycles. The van der Waals surface area contributed by atoms with Gasteiger partial charge < -0.3 is 15.2 Å². The zero-order valence-corrected chi connectivity index (χ0v) is 15.9. The zero-order chi connectivity index (χ0) is 19.1. The lowest BCUT2D eigenvalue weighted by Crippen LogP contribution is -2.41. The van der Waals surface area contributed by atoms with Crippen molar-refractivity contribution >= 4 is 5.91 Å². The maximum Gasteiger partial charge on any atom is 0.223 e. The van der Waals surface area contributed by atoms with Gasteiger partial charge in [0.15, 0.2) is 0 Å². The molecular weight excluding hydrogens is 338 g/mol. The summed E-state index contributed by atoms with van der Waals surface area (Å²) in [5, 5.41) is 13.0. The zero-order valence-electron chi connectivity index (χ0n) is 15.9. The van der Waals surface area contributed by atoms with Crippen LogP contribution in [0.1, 0.15) is 42.7 Å². The second kappa shape index (κ2) is 9.67. The number of amides is 1. The largest absolute Gasteiger partial charge is 0.390 e. The normalized spacial score (nSPS) is 22.6. The van der Waals surface area contributed by atoms with Gasteiger partial charge in [-0.25, -0.2) is 0 Å². The first kappa shape index (κ1) is 19.6. The predicted molar refractivity (Wildman–Crippen MR) is 106 cm³/mol. The summed E-state index contributed by atoms with van der Waals surface area (Å²) in [7, 11) is 1.60. The number of aliphatic hydroxyl groups is 1. The molecule has 0 aliphatic heterocycles. The Kier molecular flexibility index (Phi) is 7.02. The van der Waals surface area contributed by atoms with E-state index in [0.717, 1.165) is 6.42 Å². The smallest absolute Gasteiger partial charge is 0.223 e. The number of benzene rings is 2. The average Bonchev–Trinajstić information content (AvgIpc) is 2.72. The number of hydrogen-bond donors (Lipinski definition) is 2. The van der Waals surface area contributed by atoms with Gasteiger partial charge in [-0.15, -0.1) is 0 Å². The van der Waals surface area contributed by atoms with E-state index in [-0.39, 0.29) is 23.8 Å². The van der Waals surface area contributed by atoms with Gasteiger partial charge in [0, 0.05) is 25.5 Å². The van der Waals surface area contributed by atoms with Gasteiger partial charge in [-0.3, -0.25) is 4.79 Å². The molecule has 144 valence electrons. The summed E-state index contributed by atoms with van der Waals surface area (Å²) in [4.78, 5) is 12.6. The summed E-state index contributed by atoms with van der Waals surface area (Å²) < 4.78 is 5.31. The van der Waals surface area contributed by atoms with Crippen LogP contribution in [0.2, 0.25) is 0 Å². The van der Waals surface area contributed by atoms with Crippen molar-refractivity contribution in [3.8, 4) is 0 Å². The van der Waals surface area contributed by atoms with Crippen LogP contribution in [0, 0.1) is 5.92 Å². The molecule has 27 heavy (non-hydrogen) atoms. The molecule has 0 saturated heterocycles. The Morgan fingerprint density at radius 1 is 1.07 bits per heavy atom. The minimum Gasteiger partial charge on any atom is -0.390 e. The fraction of sp³-hybridized carbons (Fsp3) is 0.435. The quantitative estimate of drug-likeness (QED) is 0.787. The topological polar surface area (TPSA) is 58.6 Å². The fourth-order valence-electron chi connectivity index (χ4n) is 3.99. The molecule has 0 spiro atoms. The van der Waals surface area contributed by atoms with Crippen molar-refractivity contribution in [3.63, 3.8) is 0 Å². The molecular formula is C23H29NO3. The molecule has 2 N–H and O–H groups in total. The number of carbonyl (C=O) groups excluding carboxylic acids is 1. The lowest BCUT2D eigenvalue weighted by atomic mass is 9.84. The number of nitrogens with one attached hydrogen (secondary N) is 1. The predicted octanol–water partition coefficient (Wildman–Crippen LogP) is 3.50. The standard InChI is InChI=1S/C23H29NO3/c1-27-22-16-19(12-13-21(22)25)23(26)24-15-14-20(17-8-4-2-5-9-17)18-10-6-3-7-11-18/h2-11,19-22,25H,12-16H2,1H3,(H,24,26)/t19-,21+,22-/m1/s1. The van der Waals surface area contributed by atoms with E-state index >= 15 is 0 Å². The highest BCUT2D eigenvalue weighted by Crippen LogP contribution is 2.29. The highest BCUT2D eigenvalue weighted by Gasteiger charge is 2.32. The highest BCUT2D eigenvalue weighted by molar-refractivity contribution is 5.78. The minimum atomic E-state index is -0.459. The number of carbonyl (C=O) groups is 1. The Balaban J connectivity index is 1.59. The van der Waals surface area contributed by atoms with Gasteiger partial charge in [0.25, 0.3) is 0 Å². The third kappa shape index (κ3) is 5.18. The Hall–Kier alpha value is -2.17. The van der Waals surface area contributed by atoms with Gasteiger partial charge in [0.05, 0.1) is 12.2 Å². The van der Waals surface area contributed by atoms with Crippen LogP contribution in [-0.4, -0.2) is 36.9 Å². The summed E-state index contributed by atoms with van der Waals surface area (Å²) in [6.07, 6.45) is 2.07. The molecule has 4 heteroatoms. The maximum absolute atomic E-state index is 12.6. The van der Waals surface area contributed by atoms with Gasteiger partial charge in [-0.1, -0.05) is 60.7 Å². The van der Waals surface area contributed by atoms with Crippen LogP contribution >= 0.6 is 0 Å². The van der Waals surface area contributed by atoms with Crippen molar-refractivity contribution in [1.29, 1.82) is 0 Å². The highest BCUT2D eigenvalue weighted by atomic mass is 16.5. The first-order valence-corrected chi connectivity index (χ1v) is 9.77. The second-order valence-electron chi connectivity index (χ2n) is 7.31. The van der Waals surface area contributed by atoms with E-state index in [1.54, 1.807) is 7.11 Å². The lowest BCUT2D eigenvalue weighted by molar-refractivity contribution is -0.130. The number of hydrogen-bond acceptors (Lipinski definition) is 3. The first-order valence-electron chi connectivity index (χ1n) is 9.77. The number of aliphatic hydroxyl groups excluding tert-OH is 1. The molecule has 1 saturated carbocycles. The van der Waals surface area contributed by atoms with E-state index in [4.69, 9.17) is 4.74 Å². The Bertz CT molecular complexity index is 665. The second-order valence-corrected chi connectivity index (χ2v) is 7.31. The summed E-state index contributed by atoms with van der Waals surface area (Å²) in [6.45, 7) is 0.629. The van der Waals surface area contributed by atoms with Crippen LogP contribution in [0.4, 0.5) is 0 Å². The van der Waals surface area contributed by atoms with Gasteiger partial charge in [-0.05, 0) is 36.8 Å². The molecule has 0 bridgehead atoms. The van der Waals surface area contributed by atoms with Crippen LogP contribution in [0.3, 0.4) is 0 Å². The van der Waals surface area contributed by atoms with Gasteiger partial charge in [-0.2, -0.15) is 0 Å². The molecule has 0 aromatic heterocycles. The number of rotatable bonds is 7. The van der Waals surface area contributed by atoms with Crippen molar-refractivity contribution in [2.45, 2.75) is 43.8 Å². The van der Waals surface area contributed by atoms with Crippen molar-refractivity contribution in [3.05, 3.63) is 71.8 Å². The first-order chi connectivity index (χ1) is 13.2. The SMILES string of the molecule is CO[C@@H]1C[C@H](C(=O)NCCC(c2ccccc2)c2ccccc2)CC[C@@H]1O. The summed E-state index contributed by atoms with van der Waals surface area (Å²) in [5.41, 5.74) is 2.52. The molecule has 1 fully saturated rings. The Morgan fingerprint density at radius 2 is 1.67 bits per heavy atom. The lowest BCUT2D eigenvalue weighted by Gasteiger charge is -2.31. The van der Waals surface area contributed by atoms with Crippen LogP contribution < -0.4 is 5.32 Å². The molecule has 0 unspecified atom stereocenters. The van der Waals surface area contributed by atoms with E-state index in [0.29, 0.717) is 25.8 Å². The molecule has 3 atom stereocenters. The molecule has 3 rings (SSSR count). The summed E-state index contributed by atoms with van der Waals surface area (Å²) >= 11 is 0.